The highest BCUT2D eigenvalue weighted by Gasteiger charge is 2.24. The van der Waals surface area contributed by atoms with Crippen LogP contribution < -0.4 is 5.32 Å². The monoisotopic (exact) mass is 266 g/mol. The summed E-state index contributed by atoms with van der Waals surface area (Å²) >= 11 is 0. The molecule has 0 spiro atoms. The Kier molecular flexibility index (Phi) is 6.15. The highest BCUT2D eigenvalue weighted by Crippen LogP contribution is 2.24. The van der Waals surface area contributed by atoms with E-state index in [1.54, 1.807) is 0 Å². The van der Waals surface area contributed by atoms with Gasteiger partial charge in [0.25, 0.3) is 0 Å². The van der Waals surface area contributed by atoms with E-state index in [2.05, 4.69) is 31.0 Å². The van der Waals surface area contributed by atoms with Crippen LogP contribution in [0, 0.1) is 5.92 Å². The van der Waals surface area contributed by atoms with E-state index in [0.717, 1.165) is 24.0 Å². The van der Waals surface area contributed by atoms with Gasteiger partial charge >= 0.3 is 0 Å². The number of hydrogen-bond donors (Lipinski definition) is 1. The van der Waals surface area contributed by atoms with Crippen molar-refractivity contribution in [2.75, 3.05) is 13.1 Å². The molecular weight excluding hydrogens is 232 g/mol. The van der Waals surface area contributed by atoms with Gasteiger partial charge in [-0.1, -0.05) is 26.2 Å². The number of nitrogens with one attached hydrogen (secondary N) is 1. The van der Waals surface area contributed by atoms with Crippen LogP contribution in [0.3, 0.4) is 0 Å². The van der Waals surface area contributed by atoms with E-state index < -0.39 is 0 Å². The fourth-order valence-electron chi connectivity index (χ4n) is 3.85. The fourth-order valence-corrected chi connectivity index (χ4v) is 3.85. The normalized spacial score (nSPS) is 35.1. The Labute approximate surface area is 120 Å². The maximum absolute atomic E-state index is 4.02. The lowest BCUT2D eigenvalue weighted by molar-refractivity contribution is 0.226. The lowest BCUT2D eigenvalue weighted by Crippen LogP contribution is -2.42. The van der Waals surface area contributed by atoms with Crippen LogP contribution in [0.5, 0.6) is 0 Å². The van der Waals surface area contributed by atoms with Crippen LogP contribution in [-0.2, 0) is 0 Å². The molecule has 2 aliphatic rings. The first-order valence-electron chi connectivity index (χ1n) is 8.67. The van der Waals surface area contributed by atoms with Crippen molar-refractivity contribution in [2.45, 2.75) is 90.3 Å². The van der Waals surface area contributed by atoms with Crippen molar-refractivity contribution < 1.29 is 0 Å². The standard InChI is InChI=1S/C17H34N2/c1-14(2)19-12-7-9-16(11-13-19)18-17-10-6-4-5-8-15(17)3/h14-18H,4-13H2,1-3H3. The summed E-state index contributed by atoms with van der Waals surface area (Å²) in [4.78, 5) is 2.65. The van der Waals surface area contributed by atoms with Crippen LogP contribution in [0.4, 0.5) is 0 Å². The van der Waals surface area contributed by atoms with Gasteiger partial charge in [0.15, 0.2) is 0 Å². The summed E-state index contributed by atoms with van der Waals surface area (Å²) in [6.07, 6.45) is 11.3. The van der Waals surface area contributed by atoms with E-state index in [-0.39, 0.29) is 0 Å². The summed E-state index contributed by atoms with van der Waals surface area (Å²) in [7, 11) is 0. The minimum atomic E-state index is 0.718. The maximum atomic E-state index is 4.02. The third-order valence-electron chi connectivity index (χ3n) is 5.30. The second-order valence-corrected chi connectivity index (χ2v) is 7.15. The van der Waals surface area contributed by atoms with E-state index in [1.807, 2.05) is 0 Å². The molecule has 0 amide bonds. The topological polar surface area (TPSA) is 15.3 Å². The van der Waals surface area contributed by atoms with Gasteiger partial charge < -0.3 is 10.2 Å². The second kappa shape index (κ2) is 7.64. The van der Waals surface area contributed by atoms with Gasteiger partial charge in [-0.25, -0.2) is 0 Å². The zero-order valence-electron chi connectivity index (χ0n) is 13.3. The van der Waals surface area contributed by atoms with Gasteiger partial charge in [0.2, 0.25) is 0 Å². The maximum Gasteiger partial charge on any atom is 0.00952 e. The van der Waals surface area contributed by atoms with Crippen molar-refractivity contribution in [2.24, 2.45) is 5.92 Å². The predicted octanol–water partition coefficient (Wildman–Crippen LogP) is 3.81. The van der Waals surface area contributed by atoms with Gasteiger partial charge in [0.05, 0.1) is 0 Å². The lowest BCUT2D eigenvalue weighted by atomic mass is 9.95. The molecule has 1 saturated carbocycles. The first-order chi connectivity index (χ1) is 9.16. The molecule has 112 valence electrons. The quantitative estimate of drug-likeness (QED) is 0.782. The third kappa shape index (κ3) is 4.75. The van der Waals surface area contributed by atoms with Gasteiger partial charge in [0.1, 0.15) is 0 Å². The summed E-state index contributed by atoms with van der Waals surface area (Å²) in [5.41, 5.74) is 0. The molecule has 0 aromatic carbocycles. The molecule has 1 aliphatic carbocycles. The first-order valence-corrected chi connectivity index (χ1v) is 8.67. The molecule has 1 saturated heterocycles. The molecule has 2 fully saturated rings. The average molecular weight is 266 g/mol. The minimum Gasteiger partial charge on any atom is -0.311 e. The number of rotatable bonds is 3. The van der Waals surface area contributed by atoms with E-state index in [9.17, 15) is 0 Å². The summed E-state index contributed by atoms with van der Waals surface area (Å²) in [6, 6.07) is 2.28. The number of hydrogen-bond acceptors (Lipinski definition) is 2. The Morgan fingerprint density at radius 2 is 1.68 bits per heavy atom. The van der Waals surface area contributed by atoms with Crippen molar-refractivity contribution in [1.82, 2.24) is 10.2 Å². The molecule has 1 aliphatic heterocycles. The number of likely N-dealkylation sites (tertiary alicyclic amines) is 1. The molecule has 2 heteroatoms. The Hall–Kier alpha value is -0.0800. The highest BCUT2D eigenvalue weighted by atomic mass is 15.2. The van der Waals surface area contributed by atoms with E-state index >= 15 is 0 Å². The van der Waals surface area contributed by atoms with Gasteiger partial charge in [0, 0.05) is 18.1 Å². The lowest BCUT2D eigenvalue weighted by Gasteiger charge is -2.29. The van der Waals surface area contributed by atoms with Gasteiger partial charge in [-0.3, -0.25) is 0 Å². The summed E-state index contributed by atoms with van der Waals surface area (Å²) in [6.45, 7) is 9.72. The van der Waals surface area contributed by atoms with E-state index in [1.165, 1.54) is 64.5 Å². The van der Waals surface area contributed by atoms with Crippen molar-refractivity contribution >= 4 is 0 Å². The minimum absolute atomic E-state index is 0.718. The third-order valence-corrected chi connectivity index (χ3v) is 5.30. The Balaban J connectivity index is 1.81. The summed E-state index contributed by atoms with van der Waals surface area (Å²) in [5, 5.41) is 4.02. The second-order valence-electron chi connectivity index (χ2n) is 7.15. The SMILES string of the molecule is CC1CCCCCC1NC1CCCN(C(C)C)CC1. The average Bonchev–Trinajstić information content (AvgIpc) is 2.72. The van der Waals surface area contributed by atoms with Crippen molar-refractivity contribution in [3.05, 3.63) is 0 Å². The van der Waals surface area contributed by atoms with Crippen LogP contribution in [0.25, 0.3) is 0 Å². The van der Waals surface area contributed by atoms with Crippen molar-refractivity contribution in [1.29, 1.82) is 0 Å². The number of nitrogens with zero attached hydrogens (tertiary/aromatic N) is 1. The van der Waals surface area contributed by atoms with Crippen molar-refractivity contribution in [3.8, 4) is 0 Å². The molecule has 0 radical (unpaired) electrons. The van der Waals surface area contributed by atoms with Crippen LogP contribution >= 0.6 is 0 Å². The molecule has 0 aromatic heterocycles. The van der Waals surface area contributed by atoms with Crippen LogP contribution in [0.2, 0.25) is 0 Å². The van der Waals surface area contributed by atoms with Crippen molar-refractivity contribution in [3.63, 3.8) is 0 Å². The summed E-state index contributed by atoms with van der Waals surface area (Å²) < 4.78 is 0. The van der Waals surface area contributed by atoms with Gasteiger partial charge in [-0.2, -0.15) is 0 Å². The van der Waals surface area contributed by atoms with Crippen LogP contribution in [-0.4, -0.2) is 36.1 Å². The largest absolute Gasteiger partial charge is 0.311 e. The molecule has 1 heterocycles. The predicted molar refractivity (Wildman–Crippen MR) is 83.5 cm³/mol. The van der Waals surface area contributed by atoms with E-state index in [4.69, 9.17) is 0 Å². The highest BCUT2D eigenvalue weighted by molar-refractivity contribution is 4.83. The zero-order chi connectivity index (χ0) is 13.7. The molecule has 2 rings (SSSR count). The van der Waals surface area contributed by atoms with Crippen LogP contribution in [0.15, 0.2) is 0 Å². The van der Waals surface area contributed by atoms with E-state index in [0.29, 0.717) is 0 Å². The zero-order valence-corrected chi connectivity index (χ0v) is 13.3. The fraction of sp³-hybridized carbons (Fsp3) is 1.00. The molecule has 2 nitrogen and oxygen atoms in total. The van der Waals surface area contributed by atoms with Gasteiger partial charge in [-0.15, -0.1) is 0 Å². The first kappa shape index (κ1) is 15.3. The smallest absolute Gasteiger partial charge is 0.00952 e. The van der Waals surface area contributed by atoms with Gasteiger partial charge in [-0.05, 0) is 65.0 Å². The Morgan fingerprint density at radius 1 is 0.895 bits per heavy atom. The molecule has 1 N–H and O–H groups in total. The molecule has 19 heavy (non-hydrogen) atoms. The Morgan fingerprint density at radius 3 is 2.47 bits per heavy atom. The molecule has 3 atom stereocenters. The Bertz CT molecular complexity index is 252. The summed E-state index contributed by atoms with van der Waals surface area (Å²) in [5.74, 6) is 0.881. The molecular formula is C17H34N2. The van der Waals surface area contributed by atoms with Crippen LogP contribution in [0.1, 0.15) is 72.1 Å². The molecule has 0 aromatic rings. The molecule has 3 unspecified atom stereocenters. The molecule has 0 bridgehead atoms.